The molecule has 1 aliphatic rings. The minimum Gasteiger partial charge on any atom is -0.392 e. The van der Waals surface area contributed by atoms with Crippen LogP contribution in [-0.4, -0.2) is 47.8 Å². The minimum absolute atomic E-state index is 0.0782. The van der Waals surface area contributed by atoms with Gasteiger partial charge in [0.25, 0.3) is 0 Å². The Bertz CT molecular complexity index is 165. The molecule has 14 heavy (non-hydrogen) atoms. The lowest BCUT2D eigenvalue weighted by Gasteiger charge is -2.21. The summed E-state index contributed by atoms with van der Waals surface area (Å²) in [6.45, 7) is 10.7. The average molecular weight is 200 g/mol. The van der Waals surface area contributed by atoms with E-state index >= 15 is 0 Å². The van der Waals surface area contributed by atoms with Crippen LogP contribution in [0, 0.1) is 0 Å². The van der Waals surface area contributed by atoms with Gasteiger partial charge in [0.2, 0.25) is 0 Å². The van der Waals surface area contributed by atoms with Crippen molar-refractivity contribution in [3.05, 3.63) is 0 Å². The topological polar surface area (TPSA) is 35.5 Å². The molecule has 0 saturated carbocycles. The minimum atomic E-state index is -0.0782. The first-order valence-corrected chi connectivity index (χ1v) is 5.63. The van der Waals surface area contributed by atoms with Crippen molar-refractivity contribution in [3.63, 3.8) is 0 Å². The molecular weight excluding hydrogens is 176 g/mol. The van der Waals surface area contributed by atoms with E-state index in [0.717, 1.165) is 32.6 Å². The van der Waals surface area contributed by atoms with Gasteiger partial charge in [-0.25, -0.2) is 0 Å². The van der Waals surface area contributed by atoms with Crippen LogP contribution < -0.4 is 5.32 Å². The highest BCUT2D eigenvalue weighted by molar-refractivity contribution is 4.75. The Kier molecular flexibility index (Phi) is 4.35. The predicted molar refractivity (Wildman–Crippen MR) is 59.4 cm³/mol. The zero-order valence-electron chi connectivity index (χ0n) is 9.71. The second kappa shape index (κ2) is 5.10. The molecule has 3 nitrogen and oxygen atoms in total. The molecule has 0 bridgehead atoms. The Morgan fingerprint density at radius 2 is 2.14 bits per heavy atom. The quantitative estimate of drug-likeness (QED) is 0.660. The van der Waals surface area contributed by atoms with E-state index in [-0.39, 0.29) is 11.6 Å². The number of rotatable bonds is 4. The molecule has 0 aromatic heterocycles. The molecule has 0 spiro atoms. The van der Waals surface area contributed by atoms with Gasteiger partial charge in [-0.2, -0.15) is 0 Å². The van der Waals surface area contributed by atoms with Gasteiger partial charge in [0.1, 0.15) is 0 Å². The summed E-state index contributed by atoms with van der Waals surface area (Å²) >= 11 is 0. The summed E-state index contributed by atoms with van der Waals surface area (Å²) < 4.78 is 0. The first-order chi connectivity index (χ1) is 6.47. The summed E-state index contributed by atoms with van der Waals surface area (Å²) in [6, 6.07) is 0. The zero-order chi connectivity index (χ0) is 10.6. The number of nitrogens with one attached hydrogen (secondary N) is 1. The molecule has 1 fully saturated rings. The molecule has 3 heteroatoms. The van der Waals surface area contributed by atoms with Crippen LogP contribution in [0.3, 0.4) is 0 Å². The Balaban J connectivity index is 1.99. The molecular formula is C11H24N2O. The largest absolute Gasteiger partial charge is 0.392 e. The van der Waals surface area contributed by atoms with Gasteiger partial charge < -0.3 is 15.3 Å². The van der Waals surface area contributed by atoms with E-state index < -0.39 is 0 Å². The molecule has 0 aliphatic carbocycles. The number of hydrogen-bond acceptors (Lipinski definition) is 3. The van der Waals surface area contributed by atoms with Crippen LogP contribution in [0.15, 0.2) is 0 Å². The molecule has 84 valence electrons. The van der Waals surface area contributed by atoms with Crippen molar-refractivity contribution in [2.24, 2.45) is 0 Å². The third kappa shape index (κ3) is 4.94. The zero-order valence-corrected chi connectivity index (χ0v) is 9.71. The van der Waals surface area contributed by atoms with Crippen LogP contribution >= 0.6 is 0 Å². The standard InChI is InChI=1S/C11H24N2O/c1-11(2,3)12-6-4-7-13-8-5-10(14)9-13/h10,12,14H,4-9H2,1-3H3. The van der Waals surface area contributed by atoms with Crippen molar-refractivity contribution in [2.75, 3.05) is 26.2 Å². The third-order valence-electron chi connectivity index (χ3n) is 2.55. The average Bonchev–Trinajstić information content (AvgIpc) is 2.44. The Hall–Kier alpha value is -0.120. The number of β-amino-alcohol motifs (C(OH)–C–C–N with tert-alkyl or cyclic N) is 1. The van der Waals surface area contributed by atoms with Crippen molar-refractivity contribution >= 4 is 0 Å². The number of likely N-dealkylation sites (tertiary alicyclic amines) is 1. The van der Waals surface area contributed by atoms with Crippen LogP contribution in [0.2, 0.25) is 0 Å². The fourth-order valence-corrected chi connectivity index (χ4v) is 1.78. The third-order valence-corrected chi connectivity index (χ3v) is 2.55. The molecule has 0 amide bonds. The Morgan fingerprint density at radius 1 is 1.43 bits per heavy atom. The molecule has 0 aromatic rings. The van der Waals surface area contributed by atoms with Crippen LogP contribution in [0.4, 0.5) is 0 Å². The summed E-state index contributed by atoms with van der Waals surface area (Å²) in [5, 5.41) is 12.8. The van der Waals surface area contributed by atoms with Crippen molar-refractivity contribution in [3.8, 4) is 0 Å². The highest BCUT2D eigenvalue weighted by atomic mass is 16.3. The van der Waals surface area contributed by atoms with Crippen LogP contribution in [-0.2, 0) is 0 Å². The van der Waals surface area contributed by atoms with Crippen LogP contribution in [0.1, 0.15) is 33.6 Å². The summed E-state index contributed by atoms with van der Waals surface area (Å²) in [7, 11) is 0. The van der Waals surface area contributed by atoms with Gasteiger partial charge in [-0.15, -0.1) is 0 Å². The monoisotopic (exact) mass is 200 g/mol. The number of hydrogen-bond donors (Lipinski definition) is 2. The van der Waals surface area contributed by atoms with Gasteiger partial charge in [0.15, 0.2) is 0 Å². The second-order valence-electron chi connectivity index (χ2n) is 5.27. The first-order valence-electron chi connectivity index (χ1n) is 5.63. The normalized spacial score (nSPS) is 24.4. The Morgan fingerprint density at radius 3 is 2.64 bits per heavy atom. The fraction of sp³-hybridized carbons (Fsp3) is 1.00. The molecule has 1 rings (SSSR count). The molecule has 1 aliphatic heterocycles. The van der Waals surface area contributed by atoms with Crippen LogP contribution in [0.25, 0.3) is 0 Å². The molecule has 0 radical (unpaired) electrons. The molecule has 0 aromatic carbocycles. The van der Waals surface area contributed by atoms with Gasteiger partial charge in [-0.05, 0) is 46.7 Å². The number of aliphatic hydroxyl groups is 1. The van der Waals surface area contributed by atoms with E-state index in [0.29, 0.717) is 0 Å². The summed E-state index contributed by atoms with van der Waals surface area (Å²) in [6.07, 6.45) is 2.04. The number of aliphatic hydroxyl groups excluding tert-OH is 1. The molecule has 1 atom stereocenters. The van der Waals surface area contributed by atoms with Crippen molar-refractivity contribution in [1.29, 1.82) is 0 Å². The Labute approximate surface area is 87.5 Å². The van der Waals surface area contributed by atoms with Gasteiger partial charge >= 0.3 is 0 Å². The lowest BCUT2D eigenvalue weighted by molar-refractivity contribution is 0.175. The first kappa shape index (κ1) is 12.0. The second-order valence-corrected chi connectivity index (χ2v) is 5.27. The van der Waals surface area contributed by atoms with Gasteiger partial charge in [0, 0.05) is 18.6 Å². The van der Waals surface area contributed by atoms with E-state index in [1.54, 1.807) is 0 Å². The maximum absolute atomic E-state index is 9.33. The number of nitrogens with zero attached hydrogens (tertiary/aromatic N) is 1. The highest BCUT2D eigenvalue weighted by Gasteiger charge is 2.19. The maximum atomic E-state index is 9.33. The lowest BCUT2D eigenvalue weighted by Crippen LogP contribution is -2.37. The predicted octanol–water partition coefficient (Wildman–Crippen LogP) is 0.831. The molecule has 1 saturated heterocycles. The van der Waals surface area contributed by atoms with E-state index in [1.807, 2.05) is 0 Å². The lowest BCUT2D eigenvalue weighted by atomic mass is 10.1. The summed E-state index contributed by atoms with van der Waals surface area (Å²) in [4.78, 5) is 2.34. The smallest absolute Gasteiger partial charge is 0.0679 e. The highest BCUT2D eigenvalue weighted by Crippen LogP contribution is 2.08. The van der Waals surface area contributed by atoms with Gasteiger partial charge in [0.05, 0.1) is 6.10 Å². The summed E-state index contributed by atoms with van der Waals surface area (Å²) in [5.74, 6) is 0. The van der Waals surface area contributed by atoms with E-state index in [4.69, 9.17) is 0 Å². The van der Waals surface area contributed by atoms with Gasteiger partial charge in [-0.3, -0.25) is 0 Å². The van der Waals surface area contributed by atoms with E-state index in [1.165, 1.54) is 6.42 Å². The van der Waals surface area contributed by atoms with Crippen LogP contribution in [0.5, 0.6) is 0 Å². The van der Waals surface area contributed by atoms with E-state index in [9.17, 15) is 5.11 Å². The SMILES string of the molecule is CC(C)(C)NCCCN1CCC(O)C1. The maximum Gasteiger partial charge on any atom is 0.0679 e. The van der Waals surface area contributed by atoms with Crippen molar-refractivity contribution < 1.29 is 5.11 Å². The summed E-state index contributed by atoms with van der Waals surface area (Å²) in [5.41, 5.74) is 0.227. The molecule has 2 N–H and O–H groups in total. The van der Waals surface area contributed by atoms with Crippen molar-refractivity contribution in [2.45, 2.75) is 45.3 Å². The van der Waals surface area contributed by atoms with Gasteiger partial charge in [-0.1, -0.05) is 0 Å². The fourth-order valence-electron chi connectivity index (χ4n) is 1.78. The molecule has 1 unspecified atom stereocenters. The molecule has 1 heterocycles. The van der Waals surface area contributed by atoms with Crippen molar-refractivity contribution in [1.82, 2.24) is 10.2 Å². The van der Waals surface area contributed by atoms with E-state index in [2.05, 4.69) is 31.0 Å².